The Labute approximate surface area is 115 Å². The van der Waals surface area contributed by atoms with E-state index in [-0.39, 0.29) is 12.1 Å². The van der Waals surface area contributed by atoms with E-state index in [0.29, 0.717) is 0 Å². The molecule has 1 aromatic rings. The molecule has 0 amide bonds. The Morgan fingerprint density at radius 2 is 2.00 bits per heavy atom. The molecule has 0 aliphatic carbocycles. The molecule has 19 heavy (non-hydrogen) atoms. The third-order valence-electron chi connectivity index (χ3n) is 3.77. The summed E-state index contributed by atoms with van der Waals surface area (Å²) in [5.74, 6) is 0.919. The molecule has 1 aliphatic rings. The molecule has 1 aromatic carbocycles. The minimum atomic E-state index is 0.106. The monoisotopic (exact) mass is 264 g/mol. The molecule has 0 saturated carbocycles. The Balaban J connectivity index is 2.30. The first-order chi connectivity index (χ1) is 9.27. The highest BCUT2D eigenvalue weighted by atomic mass is 16.5. The van der Waals surface area contributed by atoms with Gasteiger partial charge in [-0.05, 0) is 12.5 Å². The molecule has 0 bridgehead atoms. The molecule has 4 nitrogen and oxygen atoms in total. The Kier molecular flexibility index (Phi) is 5.19. The van der Waals surface area contributed by atoms with E-state index in [1.807, 2.05) is 18.2 Å². The van der Waals surface area contributed by atoms with Crippen LogP contribution in [0.15, 0.2) is 24.3 Å². The predicted molar refractivity (Wildman–Crippen MR) is 76.4 cm³/mol. The van der Waals surface area contributed by atoms with Crippen molar-refractivity contribution in [2.24, 2.45) is 5.73 Å². The molecular weight excluding hydrogens is 240 g/mol. The van der Waals surface area contributed by atoms with Gasteiger partial charge >= 0.3 is 0 Å². The fraction of sp³-hybridized carbons (Fsp3) is 0.600. The molecule has 2 rings (SSSR count). The second-order valence-corrected chi connectivity index (χ2v) is 4.91. The van der Waals surface area contributed by atoms with Crippen molar-refractivity contribution in [2.75, 3.05) is 33.4 Å². The first-order valence-electron chi connectivity index (χ1n) is 6.98. The van der Waals surface area contributed by atoms with Gasteiger partial charge < -0.3 is 15.2 Å². The van der Waals surface area contributed by atoms with Gasteiger partial charge in [0, 0.05) is 24.7 Å². The highest BCUT2D eigenvalue weighted by Gasteiger charge is 2.29. The molecule has 2 unspecified atom stereocenters. The van der Waals surface area contributed by atoms with Crippen LogP contribution in [0.3, 0.4) is 0 Å². The maximum Gasteiger partial charge on any atom is 0.123 e. The third kappa shape index (κ3) is 3.26. The van der Waals surface area contributed by atoms with Crippen LogP contribution >= 0.6 is 0 Å². The van der Waals surface area contributed by atoms with Gasteiger partial charge in [0.05, 0.1) is 26.4 Å². The summed E-state index contributed by atoms with van der Waals surface area (Å²) in [6.45, 7) is 5.55. The van der Waals surface area contributed by atoms with E-state index in [1.54, 1.807) is 7.11 Å². The lowest BCUT2D eigenvalue weighted by molar-refractivity contribution is 0.00956. The van der Waals surface area contributed by atoms with Gasteiger partial charge in [-0.3, -0.25) is 4.90 Å². The molecule has 106 valence electrons. The van der Waals surface area contributed by atoms with Crippen LogP contribution in [0.25, 0.3) is 0 Å². The van der Waals surface area contributed by atoms with E-state index >= 15 is 0 Å². The molecule has 0 radical (unpaired) electrons. The van der Waals surface area contributed by atoms with Gasteiger partial charge in [-0.1, -0.05) is 25.1 Å². The second-order valence-electron chi connectivity index (χ2n) is 4.91. The smallest absolute Gasteiger partial charge is 0.123 e. The van der Waals surface area contributed by atoms with Crippen molar-refractivity contribution in [3.05, 3.63) is 29.8 Å². The predicted octanol–water partition coefficient (Wildman–Crippen LogP) is 1.81. The summed E-state index contributed by atoms with van der Waals surface area (Å²) >= 11 is 0. The Hall–Kier alpha value is -1.10. The van der Waals surface area contributed by atoms with Crippen molar-refractivity contribution in [1.29, 1.82) is 0 Å². The van der Waals surface area contributed by atoms with E-state index in [2.05, 4.69) is 17.9 Å². The van der Waals surface area contributed by atoms with E-state index in [9.17, 15) is 0 Å². The Bertz CT molecular complexity index is 391. The van der Waals surface area contributed by atoms with Crippen molar-refractivity contribution >= 4 is 0 Å². The molecule has 4 heteroatoms. The lowest BCUT2D eigenvalue weighted by Crippen LogP contribution is -2.46. The number of rotatable bonds is 5. The number of nitrogens with two attached hydrogens (primary N) is 1. The van der Waals surface area contributed by atoms with Gasteiger partial charge in [0.25, 0.3) is 0 Å². The summed E-state index contributed by atoms with van der Waals surface area (Å²) in [7, 11) is 1.71. The van der Waals surface area contributed by atoms with Crippen LogP contribution in [-0.4, -0.2) is 44.4 Å². The van der Waals surface area contributed by atoms with Gasteiger partial charge in [0.2, 0.25) is 0 Å². The highest BCUT2D eigenvalue weighted by molar-refractivity contribution is 5.36. The lowest BCUT2D eigenvalue weighted by Gasteiger charge is -2.38. The molecule has 1 fully saturated rings. The third-order valence-corrected chi connectivity index (χ3v) is 3.77. The molecule has 1 saturated heterocycles. The lowest BCUT2D eigenvalue weighted by atomic mass is 9.95. The van der Waals surface area contributed by atoms with E-state index in [1.165, 1.54) is 5.56 Å². The maximum atomic E-state index is 6.37. The normalized spacial score (nSPS) is 19.9. The number of morpholine rings is 1. The number of methoxy groups -OCH3 is 1. The number of para-hydroxylation sites is 1. The van der Waals surface area contributed by atoms with E-state index < -0.39 is 0 Å². The van der Waals surface area contributed by atoms with Crippen molar-refractivity contribution in [2.45, 2.75) is 25.4 Å². The van der Waals surface area contributed by atoms with Crippen LogP contribution in [0.4, 0.5) is 0 Å². The minimum Gasteiger partial charge on any atom is -0.496 e. The largest absolute Gasteiger partial charge is 0.496 e. The molecule has 1 heterocycles. The Morgan fingerprint density at radius 1 is 1.32 bits per heavy atom. The molecular formula is C15H24N2O2. The number of benzene rings is 1. The molecule has 1 aliphatic heterocycles. The fourth-order valence-electron chi connectivity index (χ4n) is 2.69. The maximum absolute atomic E-state index is 6.37. The highest BCUT2D eigenvalue weighted by Crippen LogP contribution is 2.32. The zero-order chi connectivity index (χ0) is 13.7. The summed E-state index contributed by atoms with van der Waals surface area (Å²) in [4.78, 5) is 2.41. The summed E-state index contributed by atoms with van der Waals surface area (Å²) in [5.41, 5.74) is 7.55. The van der Waals surface area contributed by atoms with Crippen molar-refractivity contribution in [3.63, 3.8) is 0 Å². The first-order valence-corrected chi connectivity index (χ1v) is 6.98. The second kappa shape index (κ2) is 6.89. The Morgan fingerprint density at radius 3 is 2.63 bits per heavy atom. The molecule has 0 spiro atoms. The van der Waals surface area contributed by atoms with E-state index in [0.717, 1.165) is 38.5 Å². The van der Waals surface area contributed by atoms with Crippen LogP contribution in [0, 0.1) is 0 Å². The summed E-state index contributed by atoms with van der Waals surface area (Å²) in [6, 6.07) is 8.48. The minimum absolute atomic E-state index is 0.106. The van der Waals surface area contributed by atoms with Crippen LogP contribution in [0.2, 0.25) is 0 Å². The fourth-order valence-corrected chi connectivity index (χ4v) is 2.69. The van der Waals surface area contributed by atoms with Crippen LogP contribution < -0.4 is 10.5 Å². The van der Waals surface area contributed by atoms with Crippen molar-refractivity contribution in [1.82, 2.24) is 4.90 Å². The van der Waals surface area contributed by atoms with Gasteiger partial charge in [-0.2, -0.15) is 0 Å². The number of hydrogen-bond donors (Lipinski definition) is 1. The summed E-state index contributed by atoms with van der Waals surface area (Å²) in [6.07, 6.45) is 0.945. The molecule has 2 atom stereocenters. The van der Waals surface area contributed by atoms with Gasteiger partial charge in [-0.15, -0.1) is 0 Å². The van der Waals surface area contributed by atoms with E-state index in [4.69, 9.17) is 15.2 Å². The van der Waals surface area contributed by atoms with Crippen LogP contribution in [0.5, 0.6) is 5.75 Å². The number of hydrogen-bond acceptors (Lipinski definition) is 4. The van der Waals surface area contributed by atoms with Gasteiger partial charge in [0.15, 0.2) is 0 Å². The van der Waals surface area contributed by atoms with Crippen LogP contribution in [-0.2, 0) is 4.74 Å². The molecule has 2 N–H and O–H groups in total. The van der Waals surface area contributed by atoms with Gasteiger partial charge in [-0.25, -0.2) is 0 Å². The van der Waals surface area contributed by atoms with Crippen molar-refractivity contribution < 1.29 is 9.47 Å². The van der Waals surface area contributed by atoms with Gasteiger partial charge in [0.1, 0.15) is 5.75 Å². The summed E-state index contributed by atoms with van der Waals surface area (Å²) < 4.78 is 10.9. The first kappa shape index (κ1) is 14.3. The average molecular weight is 264 g/mol. The standard InChI is InChI=1S/C15H24N2O2/c1-3-13(16)15(17-8-10-19-11-9-17)12-6-4-5-7-14(12)18-2/h4-7,13,15H,3,8-11,16H2,1-2H3. The zero-order valence-electron chi connectivity index (χ0n) is 11.8. The summed E-state index contributed by atoms with van der Waals surface area (Å²) in [5, 5.41) is 0. The SMILES string of the molecule is CCC(N)C(c1ccccc1OC)N1CCOCC1. The average Bonchev–Trinajstić information content (AvgIpc) is 2.49. The van der Waals surface area contributed by atoms with Crippen molar-refractivity contribution in [3.8, 4) is 5.75 Å². The topological polar surface area (TPSA) is 47.7 Å². The quantitative estimate of drug-likeness (QED) is 0.881. The zero-order valence-corrected chi connectivity index (χ0v) is 11.8. The number of nitrogens with zero attached hydrogens (tertiary/aromatic N) is 1. The number of ether oxygens (including phenoxy) is 2. The van der Waals surface area contributed by atoms with Crippen LogP contribution in [0.1, 0.15) is 24.9 Å². The molecule has 0 aromatic heterocycles.